The number of likely N-dealkylation sites (N-methyl/N-ethyl adjacent to an activating group) is 1. The number of fused-ring (bicyclic) bond motifs is 1. The number of ketones is 1. The minimum Gasteiger partial charge on any atom is -0.490 e. The molecule has 1 aromatic heterocycles. The molecule has 0 saturated carbocycles. The van der Waals surface area contributed by atoms with Gasteiger partial charge in [0.1, 0.15) is 23.7 Å². The molecule has 0 radical (unpaired) electrons. The fraction of sp³-hybridized carbons (Fsp3) is 0.318. The van der Waals surface area contributed by atoms with Crippen LogP contribution in [0.3, 0.4) is 0 Å². The highest BCUT2D eigenvalue weighted by Gasteiger charge is 2.21. The van der Waals surface area contributed by atoms with Crippen molar-refractivity contribution in [3.05, 3.63) is 60.4 Å². The highest BCUT2D eigenvalue weighted by atomic mass is 127. The van der Waals surface area contributed by atoms with Crippen LogP contribution in [0.2, 0.25) is 0 Å². The summed E-state index contributed by atoms with van der Waals surface area (Å²) in [6, 6.07) is 11.5. The number of rotatable bonds is 8. The van der Waals surface area contributed by atoms with E-state index >= 15 is 0 Å². The van der Waals surface area contributed by atoms with E-state index in [2.05, 4.69) is 63.9 Å². The van der Waals surface area contributed by atoms with E-state index in [9.17, 15) is 4.79 Å². The second-order valence-electron chi connectivity index (χ2n) is 6.50. The molecule has 0 spiro atoms. The number of aryl methyl sites for hydroxylation is 1. The van der Waals surface area contributed by atoms with Crippen molar-refractivity contribution in [1.82, 2.24) is 4.90 Å². The second kappa shape index (κ2) is 9.58. The fourth-order valence-corrected chi connectivity index (χ4v) is 5.32. The Bertz CT molecular complexity index is 970. The molecular formula is C22H23I2NO3. The molecule has 0 N–H and O–H groups in total. The Labute approximate surface area is 192 Å². The third-order valence-corrected chi connectivity index (χ3v) is 6.41. The molecule has 0 bridgehead atoms. The van der Waals surface area contributed by atoms with Crippen LogP contribution in [0.4, 0.5) is 0 Å². The summed E-state index contributed by atoms with van der Waals surface area (Å²) >= 11 is 4.49. The number of hydrogen-bond acceptors (Lipinski definition) is 4. The van der Waals surface area contributed by atoms with E-state index in [0.717, 1.165) is 43.5 Å². The zero-order chi connectivity index (χ0) is 20.3. The summed E-state index contributed by atoms with van der Waals surface area (Å²) in [6.07, 6.45) is 0. The van der Waals surface area contributed by atoms with Crippen LogP contribution >= 0.6 is 45.2 Å². The lowest BCUT2D eigenvalue weighted by atomic mass is 10.0. The largest absolute Gasteiger partial charge is 0.490 e. The lowest BCUT2D eigenvalue weighted by molar-refractivity contribution is 0.103. The molecule has 0 aliphatic rings. The number of hydrogen-bond donors (Lipinski definition) is 0. The molecule has 0 fully saturated rings. The van der Waals surface area contributed by atoms with Gasteiger partial charge in [-0.1, -0.05) is 32.0 Å². The molecule has 0 aliphatic carbocycles. The van der Waals surface area contributed by atoms with Crippen LogP contribution in [-0.2, 0) is 0 Å². The molecule has 3 aromatic rings. The van der Waals surface area contributed by atoms with Gasteiger partial charge in [0, 0.05) is 17.5 Å². The van der Waals surface area contributed by atoms with Crippen molar-refractivity contribution >= 4 is 61.9 Å². The van der Waals surface area contributed by atoms with Gasteiger partial charge in [-0.3, -0.25) is 4.79 Å². The van der Waals surface area contributed by atoms with Crippen molar-refractivity contribution in [3.8, 4) is 5.75 Å². The molecule has 3 rings (SSSR count). The van der Waals surface area contributed by atoms with Gasteiger partial charge >= 0.3 is 0 Å². The van der Waals surface area contributed by atoms with Crippen LogP contribution in [0.5, 0.6) is 5.75 Å². The normalized spacial score (nSPS) is 11.4. The average Bonchev–Trinajstić information content (AvgIpc) is 3.02. The van der Waals surface area contributed by atoms with Gasteiger partial charge in [-0.25, -0.2) is 0 Å². The van der Waals surface area contributed by atoms with Crippen molar-refractivity contribution in [2.75, 3.05) is 26.2 Å². The molecule has 0 amide bonds. The summed E-state index contributed by atoms with van der Waals surface area (Å²) in [5.41, 5.74) is 2.03. The van der Waals surface area contributed by atoms with Crippen molar-refractivity contribution in [2.24, 2.45) is 0 Å². The van der Waals surface area contributed by atoms with Gasteiger partial charge in [-0.2, -0.15) is 0 Å². The van der Waals surface area contributed by atoms with Gasteiger partial charge < -0.3 is 14.1 Å². The lowest BCUT2D eigenvalue weighted by Crippen LogP contribution is -2.28. The highest BCUT2D eigenvalue weighted by molar-refractivity contribution is 14.1. The number of carbonyl (C=O) groups excluding carboxylic acids is 1. The zero-order valence-electron chi connectivity index (χ0n) is 16.2. The first-order valence-corrected chi connectivity index (χ1v) is 11.5. The van der Waals surface area contributed by atoms with Gasteiger partial charge in [0.2, 0.25) is 0 Å². The molecule has 0 saturated heterocycles. The fourth-order valence-electron chi connectivity index (χ4n) is 3.24. The van der Waals surface area contributed by atoms with Crippen molar-refractivity contribution in [3.63, 3.8) is 0 Å². The lowest BCUT2D eigenvalue weighted by Gasteiger charge is -2.19. The predicted octanol–water partition coefficient (Wildman–Crippen LogP) is 5.90. The van der Waals surface area contributed by atoms with E-state index in [1.54, 1.807) is 0 Å². The number of para-hydroxylation sites is 1. The number of carbonyl (C=O) groups is 1. The van der Waals surface area contributed by atoms with Crippen molar-refractivity contribution < 1.29 is 13.9 Å². The van der Waals surface area contributed by atoms with Crippen LogP contribution in [0.15, 0.2) is 40.8 Å². The van der Waals surface area contributed by atoms with E-state index in [-0.39, 0.29) is 5.78 Å². The Morgan fingerprint density at radius 3 is 2.39 bits per heavy atom. The molecule has 6 heteroatoms. The molecular weight excluding hydrogens is 580 g/mol. The number of halogens is 2. The molecule has 4 nitrogen and oxygen atoms in total. The van der Waals surface area contributed by atoms with Crippen LogP contribution < -0.4 is 4.74 Å². The minimum atomic E-state index is -0.0204. The third kappa shape index (κ3) is 4.54. The van der Waals surface area contributed by atoms with Gasteiger partial charge in [0.15, 0.2) is 5.78 Å². The number of ether oxygens (including phenoxy) is 1. The Morgan fingerprint density at radius 2 is 1.75 bits per heavy atom. The molecule has 1 heterocycles. The molecule has 2 aromatic carbocycles. The van der Waals surface area contributed by atoms with Crippen LogP contribution in [0.25, 0.3) is 11.0 Å². The van der Waals surface area contributed by atoms with E-state index in [4.69, 9.17) is 9.15 Å². The van der Waals surface area contributed by atoms with Gasteiger partial charge in [-0.15, -0.1) is 0 Å². The van der Waals surface area contributed by atoms with E-state index < -0.39 is 0 Å². The SMILES string of the molecule is CCN(CC)CCOc1c(I)cc(C(=O)c2c(C)oc3ccccc23)cc1I. The molecule has 0 unspecified atom stereocenters. The van der Waals surface area contributed by atoms with E-state index in [1.165, 1.54) is 0 Å². The summed E-state index contributed by atoms with van der Waals surface area (Å²) in [6.45, 7) is 9.69. The third-order valence-electron chi connectivity index (χ3n) is 4.81. The quantitative estimate of drug-likeness (QED) is 0.238. The molecule has 0 aliphatic heterocycles. The number of furan rings is 1. The number of benzene rings is 2. The van der Waals surface area contributed by atoms with Crippen LogP contribution in [-0.4, -0.2) is 36.9 Å². The monoisotopic (exact) mass is 603 g/mol. The minimum absolute atomic E-state index is 0.0204. The maximum Gasteiger partial charge on any atom is 0.197 e. The Hall–Kier alpha value is -1.13. The maximum absolute atomic E-state index is 13.2. The molecule has 0 atom stereocenters. The van der Waals surface area contributed by atoms with Gasteiger partial charge in [-0.05, 0) is 83.4 Å². The number of nitrogens with zero attached hydrogens (tertiary/aromatic N) is 1. The first-order valence-electron chi connectivity index (χ1n) is 9.33. The van der Waals surface area contributed by atoms with Gasteiger partial charge in [0.25, 0.3) is 0 Å². The molecule has 28 heavy (non-hydrogen) atoms. The average molecular weight is 603 g/mol. The first kappa shape index (κ1) is 21.6. The predicted molar refractivity (Wildman–Crippen MR) is 130 cm³/mol. The summed E-state index contributed by atoms with van der Waals surface area (Å²) in [5, 5.41) is 0.856. The smallest absolute Gasteiger partial charge is 0.197 e. The van der Waals surface area contributed by atoms with Crippen molar-refractivity contribution in [1.29, 1.82) is 0 Å². The van der Waals surface area contributed by atoms with Gasteiger partial charge in [0.05, 0.1) is 12.7 Å². The van der Waals surface area contributed by atoms with E-state index in [1.807, 2.05) is 43.3 Å². The topological polar surface area (TPSA) is 42.7 Å². The van der Waals surface area contributed by atoms with Crippen LogP contribution in [0.1, 0.15) is 35.5 Å². The van der Waals surface area contributed by atoms with Crippen LogP contribution in [0, 0.1) is 14.1 Å². The van der Waals surface area contributed by atoms with Crippen molar-refractivity contribution in [2.45, 2.75) is 20.8 Å². The maximum atomic E-state index is 13.2. The summed E-state index contributed by atoms with van der Waals surface area (Å²) < 4.78 is 13.7. The first-order chi connectivity index (χ1) is 13.5. The Morgan fingerprint density at radius 1 is 1.11 bits per heavy atom. The molecule has 148 valence electrons. The van der Waals surface area contributed by atoms with E-state index in [0.29, 0.717) is 23.5 Å². The zero-order valence-corrected chi connectivity index (χ0v) is 20.5. The second-order valence-corrected chi connectivity index (χ2v) is 8.83. The highest BCUT2D eigenvalue weighted by Crippen LogP contribution is 2.32. The summed E-state index contributed by atoms with van der Waals surface area (Å²) in [4.78, 5) is 15.5. The summed E-state index contributed by atoms with van der Waals surface area (Å²) in [5.74, 6) is 1.47. The Kier molecular flexibility index (Phi) is 7.38. The Balaban J connectivity index is 1.85. The summed E-state index contributed by atoms with van der Waals surface area (Å²) in [7, 11) is 0. The standard InChI is InChI=1S/C22H23I2NO3/c1-4-25(5-2)10-11-27-22-17(23)12-15(13-18(22)24)21(26)20-14(3)28-19-9-7-6-8-16(19)20/h6-9,12-13H,4-5,10-11H2,1-3H3.